The van der Waals surface area contributed by atoms with Gasteiger partial charge in [-0.15, -0.1) is 0 Å². The van der Waals surface area contributed by atoms with Gasteiger partial charge in [0.15, 0.2) is 0 Å². The molecule has 0 fully saturated rings. The molecule has 0 radical (unpaired) electrons. The number of carbonyl (C=O) groups is 2. The third-order valence-corrected chi connectivity index (χ3v) is 1.46. The number of carbonyl (C=O) groups excluding carboxylic acids is 2. The van der Waals surface area contributed by atoms with Crippen LogP contribution in [0.5, 0.6) is 0 Å². The highest BCUT2D eigenvalue weighted by molar-refractivity contribution is 5.77. The molecule has 4 heteroatoms. The zero-order valence-electron chi connectivity index (χ0n) is 7.66. The SMILES string of the molecule is COC(=O)C(CC(C)C)NC=O. The summed E-state index contributed by atoms with van der Waals surface area (Å²) in [7, 11) is 1.31. The van der Waals surface area contributed by atoms with Gasteiger partial charge in [0.1, 0.15) is 6.04 Å². The van der Waals surface area contributed by atoms with E-state index in [-0.39, 0.29) is 0 Å². The molecule has 0 saturated heterocycles. The Morgan fingerprint density at radius 1 is 1.58 bits per heavy atom. The van der Waals surface area contributed by atoms with Crippen molar-refractivity contribution in [2.45, 2.75) is 26.3 Å². The molecule has 4 nitrogen and oxygen atoms in total. The molecule has 0 bridgehead atoms. The van der Waals surface area contributed by atoms with Crippen LogP contribution in [0, 0.1) is 5.92 Å². The van der Waals surface area contributed by atoms with Crippen LogP contribution < -0.4 is 5.32 Å². The summed E-state index contributed by atoms with van der Waals surface area (Å²) in [6.45, 7) is 3.95. The molecule has 0 rings (SSSR count). The second-order valence-electron chi connectivity index (χ2n) is 2.99. The van der Waals surface area contributed by atoms with Crippen LogP contribution >= 0.6 is 0 Å². The number of nitrogens with one attached hydrogen (secondary N) is 1. The molecule has 1 atom stereocenters. The molecule has 0 spiro atoms. The summed E-state index contributed by atoms with van der Waals surface area (Å²) in [6, 6.07) is -0.507. The zero-order valence-corrected chi connectivity index (χ0v) is 7.66. The molecule has 0 heterocycles. The first-order chi connectivity index (χ1) is 5.61. The van der Waals surface area contributed by atoms with Crippen LogP contribution in [0.4, 0.5) is 0 Å². The minimum Gasteiger partial charge on any atom is -0.467 e. The van der Waals surface area contributed by atoms with Crippen molar-refractivity contribution in [3.05, 3.63) is 0 Å². The van der Waals surface area contributed by atoms with Crippen molar-refractivity contribution in [1.29, 1.82) is 0 Å². The summed E-state index contributed by atoms with van der Waals surface area (Å²) in [6.07, 6.45) is 1.12. The Hall–Kier alpha value is -1.06. The van der Waals surface area contributed by atoms with Crippen LogP contribution in [0.3, 0.4) is 0 Å². The Labute approximate surface area is 72.3 Å². The molecule has 0 aromatic carbocycles. The van der Waals surface area contributed by atoms with Gasteiger partial charge in [0.05, 0.1) is 7.11 Å². The van der Waals surface area contributed by atoms with E-state index < -0.39 is 12.0 Å². The second kappa shape index (κ2) is 5.57. The lowest BCUT2D eigenvalue weighted by molar-refractivity contribution is -0.144. The quantitative estimate of drug-likeness (QED) is 0.481. The summed E-state index contributed by atoms with van der Waals surface area (Å²) >= 11 is 0. The van der Waals surface area contributed by atoms with E-state index in [0.717, 1.165) is 0 Å². The lowest BCUT2D eigenvalue weighted by Crippen LogP contribution is -2.37. The van der Waals surface area contributed by atoms with Gasteiger partial charge < -0.3 is 10.1 Å². The van der Waals surface area contributed by atoms with Gasteiger partial charge in [-0.3, -0.25) is 4.79 Å². The van der Waals surface area contributed by atoms with E-state index in [4.69, 9.17) is 0 Å². The normalized spacial score (nSPS) is 12.3. The average Bonchev–Trinajstić information content (AvgIpc) is 2.01. The molecule has 0 aliphatic carbocycles. The standard InChI is InChI=1S/C8H15NO3/c1-6(2)4-7(9-5-10)8(11)12-3/h5-7H,4H2,1-3H3,(H,9,10). The molecule has 0 aliphatic heterocycles. The number of methoxy groups -OCH3 is 1. The summed E-state index contributed by atoms with van der Waals surface area (Å²) in [5, 5.41) is 2.41. The van der Waals surface area contributed by atoms with E-state index in [1.165, 1.54) is 7.11 Å². The molecule has 0 saturated carbocycles. The topological polar surface area (TPSA) is 55.4 Å². The summed E-state index contributed by atoms with van der Waals surface area (Å²) < 4.78 is 4.51. The first-order valence-electron chi connectivity index (χ1n) is 3.89. The molecule has 0 aromatic heterocycles. The van der Waals surface area contributed by atoms with E-state index in [0.29, 0.717) is 18.7 Å². The summed E-state index contributed by atoms with van der Waals surface area (Å²) in [4.78, 5) is 21.1. The molecule has 0 aromatic rings. The van der Waals surface area contributed by atoms with Crippen molar-refractivity contribution >= 4 is 12.4 Å². The Morgan fingerprint density at radius 3 is 2.50 bits per heavy atom. The third-order valence-electron chi connectivity index (χ3n) is 1.46. The van der Waals surface area contributed by atoms with Crippen LogP contribution in [0.25, 0.3) is 0 Å². The van der Waals surface area contributed by atoms with Gasteiger partial charge in [0.2, 0.25) is 6.41 Å². The minimum absolute atomic E-state index is 0.349. The van der Waals surface area contributed by atoms with Crippen LogP contribution in [-0.2, 0) is 14.3 Å². The summed E-state index contributed by atoms with van der Waals surface area (Å²) in [5.41, 5.74) is 0. The maximum Gasteiger partial charge on any atom is 0.328 e. The van der Waals surface area contributed by atoms with E-state index in [2.05, 4.69) is 10.1 Å². The highest BCUT2D eigenvalue weighted by atomic mass is 16.5. The van der Waals surface area contributed by atoms with Crippen molar-refractivity contribution in [1.82, 2.24) is 5.32 Å². The fraction of sp³-hybridized carbons (Fsp3) is 0.750. The first-order valence-corrected chi connectivity index (χ1v) is 3.89. The van der Waals surface area contributed by atoms with Gasteiger partial charge in [-0.05, 0) is 12.3 Å². The highest BCUT2D eigenvalue weighted by Gasteiger charge is 2.18. The fourth-order valence-electron chi connectivity index (χ4n) is 0.928. The Balaban J connectivity index is 4.02. The number of hydrogen-bond acceptors (Lipinski definition) is 3. The van der Waals surface area contributed by atoms with Gasteiger partial charge in [-0.2, -0.15) is 0 Å². The van der Waals surface area contributed by atoms with Gasteiger partial charge in [0.25, 0.3) is 0 Å². The Kier molecular flexibility index (Phi) is 5.08. The Bertz CT molecular complexity index is 156. The molecular weight excluding hydrogens is 158 g/mol. The largest absolute Gasteiger partial charge is 0.467 e. The number of rotatable bonds is 5. The average molecular weight is 173 g/mol. The van der Waals surface area contributed by atoms with Crippen molar-refractivity contribution in [2.24, 2.45) is 5.92 Å². The molecule has 1 unspecified atom stereocenters. The monoisotopic (exact) mass is 173 g/mol. The number of amides is 1. The van der Waals surface area contributed by atoms with E-state index >= 15 is 0 Å². The predicted molar refractivity (Wildman–Crippen MR) is 44.5 cm³/mol. The van der Waals surface area contributed by atoms with E-state index in [1.54, 1.807) is 0 Å². The van der Waals surface area contributed by atoms with Gasteiger partial charge in [-0.25, -0.2) is 4.79 Å². The van der Waals surface area contributed by atoms with Crippen LogP contribution in [0.1, 0.15) is 20.3 Å². The summed E-state index contributed by atoms with van der Waals surface area (Å²) in [5.74, 6) is -0.0441. The van der Waals surface area contributed by atoms with Gasteiger partial charge in [-0.1, -0.05) is 13.8 Å². The van der Waals surface area contributed by atoms with Gasteiger partial charge in [0, 0.05) is 0 Å². The molecule has 1 N–H and O–H groups in total. The first kappa shape index (κ1) is 10.9. The van der Waals surface area contributed by atoms with Crippen LogP contribution in [0.15, 0.2) is 0 Å². The molecular formula is C8H15NO3. The van der Waals surface area contributed by atoms with Gasteiger partial charge >= 0.3 is 5.97 Å². The smallest absolute Gasteiger partial charge is 0.328 e. The number of ether oxygens (including phenoxy) is 1. The van der Waals surface area contributed by atoms with E-state index in [1.807, 2.05) is 13.8 Å². The molecule has 1 amide bonds. The number of hydrogen-bond donors (Lipinski definition) is 1. The van der Waals surface area contributed by atoms with Crippen LogP contribution in [0.2, 0.25) is 0 Å². The zero-order chi connectivity index (χ0) is 9.56. The third kappa shape index (κ3) is 3.95. The molecule has 0 aliphatic rings. The lowest BCUT2D eigenvalue weighted by Gasteiger charge is -2.14. The maximum atomic E-state index is 11.0. The molecule has 70 valence electrons. The second-order valence-corrected chi connectivity index (χ2v) is 2.99. The van der Waals surface area contributed by atoms with Crippen molar-refractivity contribution in [3.8, 4) is 0 Å². The van der Waals surface area contributed by atoms with E-state index in [9.17, 15) is 9.59 Å². The lowest BCUT2D eigenvalue weighted by atomic mass is 10.0. The molecule has 12 heavy (non-hydrogen) atoms. The van der Waals surface area contributed by atoms with Crippen molar-refractivity contribution < 1.29 is 14.3 Å². The fourth-order valence-corrected chi connectivity index (χ4v) is 0.928. The van der Waals surface area contributed by atoms with Crippen LogP contribution in [-0.4, -0.2) is 25.5 Å². The highest BCUT2D eigenvalue weighted by Crippen LogP contribution is 2.05. The van der Waals surface area contributed by atoms with Crippen molar-refractivity contribution in [2.75, 3.05) is 7.11 Å². The maximum absolute atomic E-state index is 11.0. The van der Waals surface area contributed by atoms with Crippen molar-refractivity contribution in [3.63, 3.8) is 0 Å². The minimum atomic E-state index is -0.507. The predicted octanol–water partition coefficient (Wildman–Crippen LogP) is 0.320. The Morgan fingerprint density at radius 2 is 2.17 bits per heavy atom. The number of esters is 1.